The van der Waals surface area contributed by atoms with E-state index >= 15 is 0 Å². The van der Waals surface area contributed by atoms with Crippen LogP contribution in [0.15, 0.2) is 71.6 Å². The minimum atomic E-state index is -3.99. The van der Waals surface area contributed by atoms with Crippen LogP contribution in [0, 0.1) is 10.1 Å². The molecule has 3 rings (SSSR count). The molecule has 10 nitrogen and oxygen atoms in total. The zero-order chi connectivity index (χ0) is 32.3. The minimum absolute atomic E-state index is 0.170. The Balaban J connectivity index is 1.78. The molecule has 0 saturated carbocycles. The summed E-state index contributed by atoms with van der Waals surface area (Å²) in [6, 6.07) is 17.7. The number of sulfonamides is 1. The molecule has 0 heterocycles. The van der Waals surface area contributed by atoms with Crippen molar-refractivity contribution in [2.75, 3.05) is 72.8 Å². The predicted molar refractivity (Wildman–Crippen MR) is 179 cm³/mol. The maximum absolute atomic E-state index is 13.2. The Bertz CT molecular complexity index is 1400. The van der Waals surface area contributed by atoms with Gasteiger partial charge in [-0.2, -0.15) is 0 Å². The predicted octanol–water partition coefficient (Wildman–Crippen LogP) is 5.59. The van der Waals surface area contributed by atoms with Gasteiger partial charge in [0.05, 0.1) is 15.9 Å². The summed E-state index contributed by atoms with van der Waals surface area (Å²) in [6.45, 7) is 4.30. The molecule has 0 atom stereocenters. The van der Waals surface area contributed by atoms with Crippen molar-refractivity contribution >= 4 is 44.6 Å². The lowest BCUT2D eigenvalue weighted by atomic mass is 9.98. The van der Waals surface area contributed by atoms with Gasteiger partial charge in [0, 0.05) is 29.2 Å². The number of hydrogen-bond acceptors (Lipinski definition) is 8. The highest BCUT2D eigenvalue weighted by Gasteiger charge is 2.24. The average molecular weight is 666 g/mol. The fraction of sp³-hybridized carbons (Fsp3) is 0.419. The van der Waals surface area contributed by atoms with Crippen LogP contribution in [-0.2, 0) is 10.0 Å². The lowest BCUT2D eigenvalue weighted by Gasteiger charge is -2.24. The van der Waals surface area contributed by atoms with E-state index in [0.29, 0.717) is 16.6 Å². The second kappa shape index (κ2) is 17.1. The van der Waals surface area contributed by atoms with Crippen LogP contribution in [0.2, 0.25) is 10.0 Å². The number of nitrogens with zero attached hydrogens (tertiary/aromatic N) is 4. The van der Waals surface area contributed by atoms with Crippen LogP contribution in [0.4, 0.5) is 11.4 Å². The Morgan fingerprint density at radius 1 is 0.773 bits per heavy atom. The Labute approximate surface area is 271 Å². The summed E-state index contributed by atoms with van der Waals surface area (Å²) in [5.74, 6) is 0. The molecule has 240 valence electrons. The van der Waals surface area contributed by atoms with Crippen LogP contribution >= 0.6 is 23.2 Å². The molecule has 0 aliphatic heterocycles. The molecule has 0 saturated heterocycles. The van der Waals surface area contributed by atoms with Crippen LogP contribution in [0.1, 0.15) is 30.0 Å². The van der Waals surface area contributed by atoms with Crippen LogP contribution in [-0.4, -0.2) is 95.5 Å². The van der Waals surface area contributed by atoms with Gasteiger partial charge in [0.25, 0.3) is 5.69 Å². The van der Waals surface area contributed by atoms with E-state index in [2.05, 4.69) is 24.7 Å². The summed E-state index contributed by atoms with van der Waals surface area (Å²) in [6.07, 6.45) is 1.94. The molecule has 0 radical (unpaired) electrons. The van der Waals surface area contributed by atoms with E-state index in [-0.39, 0.29) is 22.8 Å². The highest BCUT2D eigenvalue weighted by molar-refractivity contribution is 7.89. The van der Waals surface area contributed by atoms with Gasteiger partial charge in [-0.05, 0) is 115 Å². The number of hydrogen-bond donors (Lipinski definition) is 2. The van der Waals surface area contributed by atoms with Crippen LogP contribution in [0.3, 0.4) is 0 Å². The highest BCUT2D eigenvalue weighted by Crippen LogP contribution is 2.34. The van der Waals surface area contributed by atoms with Gasteiger partial charge in [-0.3, -0.25) is 10.1 Å². The fourth-order valence-corrected chi connectivity index (χ4v) is 6.05. The van der Waals surface area contributed by atoms with E-state index < -0.39 is 21.0 Å². The van der Waals surface area contributed by atoms with Crippen molar-refractivity contribution in [2.24, 2.45) is 0 Å². The first-order valence-corrected chi connectivity index (χ1v) is 16.7. The zero-order valence-corrected chi connectivity index (χ0v) is 28.0. The second-order valence-electron chi connectivity index (χ2n) is 11.2. The molecule has 44 heavy (non-hydrogen) atoms. The third-order valence-electron chi connectivity index (χ3n) is 7.06. The van der Waals surface area contributed by atoms with E-state index in [0.717, 1.165) is 56.2 Å². The Hall–Kier alpha value is -2.77. The molecular weight excluding hydrogens is 623 g/mol. The molecular formula is C31H42Cl2N6O4S. The topological polar surface area (TPSA) is 111 Å². The van der Waals surface area contributed by atoms with Gasteiger partial charge in [-0.15, -0.1) is 0 Å². The van der Waals surface area contributed by atoms with Crippen molar-refractivity contribution in [1.82, 2.24) is 19.4 Å². The normalized spacial score (nSPS) is 12.0. The molecule has 2 N–H and O–H groups in total. The number of rotatable bonds is 18. The summed E-state index contributed by atoms with van der Waals surface area (Å²) in [4.78, 5) is 17.9. The van der Waals surface area contributed by atoms with Crippen molar-refractivity contribution in [3.63, 3.8) is 0 Å². The number of halogens is 2. The molecule has 13 heteroatoms. The van der Waals surface area contributed by atoms with Gasteiger partial charge >= 0.3 is 0 Å². The summed E-state index contributed by atoms with van der Waals surface area (Å²) >= 11 is 12.2. The smallest absolute Gasteiger partial charge is 0.293 e. The average Bonchev–Trinajstić information content (AvgIpc) is 2.96. The number of nitro groups is 1. The van der Waals surface area contributed by atoms with E-state index in [9.17, 15) is 18.5 Å². The number of nitro benzene ring substituents is 1. The number of benzene rings is 3. The monoisotopic (exact) mass is 664 g/mol. The third-order valence-corrected chi connectivity index (χ3v) is 9.02. The van der Waals surface area contributed by atoms with E-state index in [1.807, 2.05) is 52.5 Å². The van der Waals surface area contributed by atoms with Crippen LogP contribution in [0.25, 0.3) is 0 Å². The van der Waals surface area contributed by atoms with Crippen molar-refractivity contribution in [3.8, 4) is 0 Å². The standard InChI is InChI=1S/C31H42Cl2N6O4S/c1-36(2)18-5-20-38(21-6-19-37(3)4)22-17-34-44(42,43)28-15-16-29(30(23-28)39(40)41)35-31(24-7-11-26(32)12-8-24)25-9-13-27(33)14-10-25/h7-16,23,31,34-35H,5-6,17-22H2,1-4H3. The van der Waals surface area contributed by atoms with Gasteiger partial charge in [0.1, 0.15) is 5.69 Å². The SMILES string of the molecule is CN(C)CCCN(CCCN(C)C)CCNS(=O)(=O)c1ccc(NC(c2ccc(Cl)cc2)c2ccc(Cl)cc2)c([N+](=O)[O-])c1. The Kier molecular flexibility index (Phi) is 13.9. The van der Waals surface area contributed by atoms with Gasteiger partial charge in [0.2, 0.25) is 10.0 Å². The maximum Gasteiger partial charge on any atom is 0.293 e. The zero-order valence-electron chi connectivity index (χ0n) is 25.7. The van der Waals surface area contributed by atoms with Crippen LogP contribution in [0.5, 0.6) is 0 Å². The fourth-order valence-electron chi connectivity index (χ4n) is 4.75. The third kappa shape index (κ3) is 11.3. The van der Waals surface area contributed by atoms with Gasteiger partial charge in [-0.1, -0.05) is 47.5 Å². The van der Waals surface area contributed by atoms with E-state index in [1.54, 1.807) is 24.3 Å². The van der Waals surface area contributed by atoms with Crippen molar-refractivity contribution in [3.05, 3.63) is 98.0 Å². The Morgan fingerprint density at radius 2 is 1.27 bits per heavy atom. The first-order chi connectivity index (χ1) is 20.9. The first kappa shape index (κ1) is 35.7. The Morgan fingerprint density at radius 3 is 1.73 bits per heavy atom. The number of nitrogens with one attached hydrogen (secondary N) is 2. The van der Waals surface area contributed by atoms with Gasteiger partial charge in [0.15, 0.2) is 0 Å². The molecule has 0 unspecified atom stereocenters. The lowest BCUT2D eigenvalue weighted by Crippen LogP contribution is -2.37. The summed E-state index contributed by atoms with van der Waals surface area (Å²) in [7, 11) is 4.12. The second-order valence-corrected chi connectivity index (χ2v) is 13.8. The number of anilines is 1. The molecule has 3 aromatic carbocycles. The summed E-state index contributed by atoms with van der Waals surface area (Å²) < 4.78 is 29.1. The van der Waals surface area contributed by atoms with Crippen molar-refractivity contribution in [1.29, 1.82) is 0 Å². The molecule has 0 aliphatic carbocycles. The van der Waals surface area contributed by atoms with E-state index in [4.69, 9.17) is 23.2 Å². The largest absolute Gasteiger partial charge is 0.369 e. The quantitative estimate of drug-likeness (QED) is 0.134. The van der Waals surface area contributed by atoms with Gasteiger partial charge in [-0.25, -0.2) is 13.1 Å². The van der Waals surface area contributed by atoms with Gasteiger partial charge < -0.3 is 20.0 Å². The molecule has 0 aliphatic rings. The summed E-state index contributed by atoms with van der Waals surface area (Å²) in [5, 5.41) is 16.5. The lowest BCUT2D eigenvalue weighted by molar-refractivity contribution is -0.384. The molecule has 0 amide bonds. The van der Waals surface area contributed by atoms with E-state index in [1.165, 1.54) is 12.1 Å². The molecule has 0 spiro atoms. The first-order valence-electron chi connectivity index (χ1n) is 14.4. The maximum atomic E-state index is 13.2. The molecule has 3 aromatic rings. The molecule has 0 fully saturated rings. The van der Waals surface area contributed by atoms with Crippen molar-refractivity contribution in [2.45, 2.75) is 23.8 Å². The molecule has 0 aromatic heterocycles. The highest BCUT2D eigenvalue weighted by atomic mass is 35.5. The minimum Gasteiger partial charge on any atom is -0.369 e. The van der Waals surface area contributed by atoms with Crippen molar-refractivity contribution < 1.29 is 13.3 Å². The van der Waals surface area contributed by atoms with Crippen LogP contribution < -0.4 is 10.0 Å². The molecule has 0 bridgehead atoms. The summed E-state index contributed by atoms with van der Waals surface area (Å²) in [5.41, 5.74) is 1.45.